The van der Waals surface area contributed by atoms with E-state index in [1.54, 1.807) is 13.2 Å². The summed E-state index contributed by atoms with van der Waals surface area (Å²) in [5, 5.41) is 0. The third-order valence-electron chi connectivity index (χ3n) is 2.71. The summed E-state index contributed by atoms with van der Waals surface area (Å²) in [5.74, 6) is 0.600. The van der Waals surface area contributed by atoms with Crippen LogP contribution in [-0.4, -0.2) is 13.1 Å². The highest BCUT2D eigenvalue weighted by Gasteiger charge is 2.06. The zero-order valence-corrected chi connectivity index (χ0v) is 11.5. The van der Waals surface area contributed by atoms with E-state index in [2.05, 4.69) is 0 Å². The predicted octanol–water partition coefficient (Wildman–Crippen LogP) is 3.79. The Morgan fingerprint density at radius 3 is 2.30 bits per heavy atom. The molecule has 2 rings (SSSR count). The van der Waals surface area contributed by atoms with Crippen molar-refractivity contribution in [3.8, 4) is 11.5 Å². The maximum absolute atomic E-state index is 11.0. The van der Waals surface area contributed by atoms with Crippen LogP contribution in [0.4, 0.5) is 0 Å². The molecule has 2 aromatic rings. The molecule has 0 heterocycles. The Morgan fingerprint density at radius 2 is 1.65 bits per heavy atom. The molecule has 0 saturated carbocycles. The van der Waals surface area contributed by atoms with Gasteiger partial charge in [-0.05, 0) is 23.3 Å². The summed E-state index contributed by atoms with van der Waals surface area (Å²) in [6, 6.07) is 15.5. The van der Waals surface area contributed by atoms with Crippen LogP contribution in [0, 0.1) is 0 Å². The Balaban J connectivity index is 2.21. The van der Waals surface area contributed by atoms with Crippen LogP contribution in [-0.2, 0) is 4.79 Å². The fraction of sp³-hybridized carbons (Fsp3) is 0.118. The molecule has 0 atom stereocenters. The number of carbonyl (C=O) groups excluding carboxylic acids is 1. The van der Waals surface area contributed by atoms with Crippen molar-refractivity contribution in [1.29, 1.82) is 0 Å². The molecule has 3 nitrogen and oxygen atoms in total. The van der Waals surface area contributed by atoms with Crippen molar-refractivity contribution in [2.75, 3.05) is 7.11 Å². The van der Waals surface area contributed by atoms with Crippen LogP contribution in [0.3, 0.4) is 0 Å². The third kappa shape index (κ3) is 3.72. The molecule has 0 aliphatic heterocycles. The Morgan fingerprint density at radius 1 is 0.950 bits per heavy atom. The molecule has 0 fully saturated rings. The van der Waals surface area contributed by atoms with E-state index in [4.69, 9.17) is 9.47 Å². The first-order valence-corrected chi connectivity index (χ1v) is 6.28. The predicted molar refractivity (Wildman–Crippen MR) is 79.7 cm³/mol. The summed E-state index contributed by atoms with van der Waals surface area (Å²) >= 11 is 0. The van der Waals surface area contributed by atoms with Crippen LogP contribution in [0.5, 0.6) is 11.5 Å². The molecule has 0 spiro atoms. The van der Waals surface area contributed by atoms with Crippen LogP contribution in [0.1, 0.15) is 18.1 Å². The van der Waals surface area contributed by atoms with Gasteiger partial charge in [-0.25, -0.2) is 0 Å². The fourth-order valence-electron chi connectivity index (χ4n) is 1.78. The summed E-state index contributed by atoms with van der Waals surface area (Å²) in [5.41, 5.74) is 2.09. The second kappa shape index (κ2) is 6.57. The second-order valence-corrected chi connectivity index (χ2v) is 4.25. The molecule has 0 amide bonds. The topological polar surface area (TPSA) is 35.5 Å². The maximum atomic E-state index is 11.0. The lowest BCUT2D eigenvalue weighted by molar-refractivity contribution is -0.132. The molecule has 0 aliphatic carbocycles. The van der Waals surface area contributed by atoms with Crippen LogP contribution >= 0.6 is 0 Å². The highest BCUT2D eigenvalue weighted by molar-refractivity contribution is 5.73. The van der Waals surface area contributed by atoms with E-state index in [1.165, 1.54) is 6.92 Å². The summed E-state index contributed by atoms with van der Waals surface area (Å²) in [7, 11) is 1.55. The Bertz CT molecular complexity index is 615. The zero-order valence-electron chi connectivity index (χ0n) is 11.5. The van der Waals surface area contributed by atoms with Crippen LogP contribution < -0.4 is 9.47 Å². The van der Waals surface area contributed by atoms with Gasteiger partial charge < -0.3 is 9.47 Å². The van der Waals surface area contributed by atoms with Crippen molar-refractivity contribution in [1.82, 2.24) is 0 Å². The first-order valence-electron chi connectivity index (χ1n) is 6.28. The lowest BCUT2D eigenvalue weighted by atomic mass is 10.1. The van der Waals surface area contributed by atoms with E-state index in [0.29, 0.717) is 11.5 Å². The van der Waals surface area contributed by atoms with Crippen molar-refractivity contribution in [2.45, 2.75) is 6.92 Å². The van der Waals surface area contributed by atoms with Gasteiger partial charge in [0, 0.05) is 6.92 Å². The minimum Gasteiger partial charge on any atom is -0.493 e. The molecule has 102 valence electrons. The van der Waals surface area contributed by atoms with E-state index in [1.807, 2.05) is 54.6 Å². The summed E-state index contributed by atoms with van der Waals surface area (Å²) in [4.78, 5) is 11.0. The standard InChI is InChI=1S/C17H16O3/c1-13(18)20-16-11-10-15(12-17(16)19-2)9-8-14-6-4-3-5-7-14/h3-12H,1-2H3/b9-8+. The van der Waals surface area contributed by atoms with Gasteiger partial charge in [-0.15, -0.1) is 0 Å². The quantitative estimate of drug-likeness (QED) is 0.481. The molecular formula is C17H16O3. The van der Waals surface area contributed by atoms with Gasteiger partial charge in [0.05, 0.1) is 7.11 Å². The number of carbonyl (C=O) groups is 1. The molecule has 0 saturated heterocycles. The number of esters is 1. The molecule has 0 bridgehead atoms. The van der Waals surface area contributed by atoms with Gasteiger partial charge in [-0.2, -0.15) is 0 Å². The number of hydrogen-bond acceptors (Lipinski definition) is 3. The summed E-state index contributed by atoms with van der Waals surface area (Å²) < 4.78 is 10.3. The van der Waals surface area contributed by atoms with Crippen molar-refractivity contribution in [2.24, 2.45) is 0 Å². The number of rotatable bonds is 4. The van der Waals surface area contributed by atoms with E-state index < -0.39 is 0 Å². The van der Waals surface area contributed by atoms with Gasteiger partial charge in [0.1, 0.15) is 0 Å². The largest absolute Gasteiger partial charge is 0.493 e. The molecule has 2 aromatic carbocycles. The molecule has 0 radical (unpaired) electrons. The monoisotopic (exact) mass is 268 g/mol. The third-order valence-corrected chi connectivity index (χ3v) is 2.71. The lowest BCUT2D eigenvalue weighted by Gasteiger charge is -2.08. The highest BCUT2D eigenvalue weighted by Crippen LogP contribution is 2.28. The first kappa shape index (κ1) is 13.9. The van der Waals surface area contributed by atoms with Crippen molar-refractivity contribution >= 4 is 18.1 Å². The SMILES string of the molecule is COc1cc(/C=C/c2ccccc2)ccc1OC(C)=O. The molecule has 0 aromatic heterocycles. The van der Waals surface area contributed by atoms with Gasteiger partial charge >= 0.3 is 5.97 Å². The van der Waals surface area contributed by atoms with Crippen molar-refractivity contribution in [3.63, 3.8) is 0 Å². The van der Waals surface area contributed by atoms with Crippen LogP contribution in [0.2, 0.25) is 0 Å². The average molecular weight is 268 g/mol. The smallest absolute Gasteiger partial charge is 0.308 e. The van der Waals surface area contributed by atoms with Crippen LogP contribution in [0.15, 0.2) is 48.5 Å². The Kier molecular flexibility index (Phi) is 4.56. The van der Waals surface area contributed by atoms with Gasteiger partial charge in [0.15, 0.2) is 11.5 Å². The average Bonchev–Trinajstić information content (AvgIpc) is 2.46. The van der Waals surface area contributed by atoms with Crippen molar-refractivity contribution in [3.05, 3.63) is 59.7 Å². The Labute approximate surface area is 118 Å². The molecule has 0 unspecified atom stereocenters. The molecule has 0 N–H and O–H groups in total. The molecule has 3 heteroatoms. The second-order valence-electron chi connectivity index (χ2n) is 4.25. The van der Waals surface area contributed by atoms with E-state index >= 15 is 0 Å². The van der Waals surface area contributed by atoms with E-state index in [0.717, 1.165) is 11.1 Å². The van der Waals surface area contributed by atoms with E-state index in [-0.39, 0.29) is 5.97 Å². The number of hydrogen-bond donors (Lipinski definition) is 0. The molecular weight excluding hydrogens is 252 g/mol. The maximum Gasteiger partial charge on any atom is 0.308 e. The summed E-state index contributed by atoms with van der Waals surface area (Å²) in [6.07, 6.45) is 4.00. The van der Waals surface area contributed by atoms with Crippen LogP contribution in [0.25, 0.3) is 12.2 Å². The number of methoxy groups -OCH3 is 1. The van der Waals surface area contributed by atoms with Gasteiger partial charge in [0.25, 0.3) is 0 Å². The van der Waals surface area contributed by atoms with Crippen molar-refractivity contribution < 1.29 is 14.3 Å². The zero-order chi connectivity index (χ0) is 14.4. The van der Waals surface area contributed by atoms with Gasteiger partial charge in [-0.3, -0.25) is 4.79 Å². The molecule has 20 heavy (non-hydrogen) atoms. The first-order chi connectivity index (χ1) is 9.69. The highest BCUT2D eigenvalue weighted by atomic mass is 16.6. The molecule has 0 aliphatic rings. The number of benzene rings is 2. The minimum absolute atomic E-state index is 0.365. The fourth-order valence-corrected chi connectivity index (χ4v) is 1.78. The Hall–Kier alpha value is -2.55. The number of ether oxygens (including phenoxy) is 2. The van der Waals surface area contributed by atoms with Gasteiger partial charge in [-0.1, -0.05) is 48.6 Å². The van der Waals surface area contributed by atoms with E-state index in [9.17, 15) is 4.79 Å². The normalized spacial score (nSPS) is 10.5. The van der Waals surface area contributed by atoms with Gasteiger partial charge in [0.2, 0.25) is 0 Å². The lowest BCUT2D eigenvalue weighted by Crippen LogP contribution is -2.02. The summed E-state index contributed by atoms with van der Waals surface area (Å²) in [6.45, 7) is 1.36. The minimum atomic E-state index is -0.365.